The van der Waals surface area contributed by atoms with Crippen LogP contribution in [-0.4, -0.2) is 35.9 Å². The van der Waals surface area contributed by atoms with Crippen LogP contribution in [0.15, 0.2) is 0 Å². The molecule has 0 aliphatic rings. The quantitative estimate of drug-likeness (QED) is 0.463. The minimum absolute atomic E-state index is 0.00287. The maximum absolute atomic E-state index is 10.9. The van der Waals surface area contributed by atoms with E-state index < -0.39 is 0 Å². The number of aliphatic hydroxyl groups excluding tert-OH is 2. The zero-order chi connectivity index (χ0) is 9.23. The van der Waals surface area contributed by atoms with Crippen molar-refractivity contribution in [1.29, 1.82) is 0 Å². The molecule has 0 spiro atoms. The normalized spacial score (nSPS) is 9.83. The van der Waals surface area contributed by atoms with Gasteiger partial charge in [0.15, 0.2) is 0 Å². The Morgan fingerprint density at radius 2 is 1.75 bits per heavy atom. The van der Waals surface area contributed by atoms with E-state index in [1.807, 2.05) is 0 Å². The van der Waals surface area contributed by atoms with Crippen molar-refractivity contribution in [1.82, 2.24) is 5.32 Å². The molecule has 0 fully saturated rings. The van der Waals surface area contributed by atoms with E-state index in [0.29, 0.717) is 25.8 Å². The highest BCUT2D eigenvalue weighted by molar-refractivity contribution is 5.75. The van der Waals surface area contributed by atoms with Gasteiger partial charge in [-0.25, -0.2) is 0 Å². The number of rotatable bonds is 7. The van der Waals surface area contributed by atoms with Gasteiger partial charge in [-0.05, 0) is 19.3 Å². The molecule has 0 bridgehead atoms. The predicted molar refractivity (Wildman–Crippen MR) is 45.6 cm³/mol. The molecule has 0 unspecified atom stereocenters. The highest BCUT2D eigenvalue weighted by Crippen LogP contribution is 1.93. The lowest BCUT2D eigenvalue weighted by atomic mass is 10.2. The summed E-state index contributed by atoms with van der Waals surface area (Å²) in [6, 6.07) is 0. The van der Waals surface area contributed by atoms with Gasteiger partial charge in [0.05, 0.1) is 0 Å². The molecule has 0 heterocycles. The highest BCUT2D eigenvalue weighted by atomic mass is 16.3. The molecule has 72 valence electrons. The Morgan fingerprint density at radius 1 is 1.08 bits per heavy atom. The molecule has 0 atom stereocenters. The Kier molecular flexibility index (Phi) is 8.05. The number of nitrogens with one attached hydrogen (secondary N) is 1. The first-order chi connectivity index (χ1) is 5.81. The SMILES string of the molecule is O=C(CCCCO)NCCCO. The van der Waals surface area contributed by atoms with Crippen LogP contribution in [0.2, 0.25) is 0 Å². The number of hydrogen-bond acceptors (Lipinski definition) is 3. The van der Waals surface area contributed by atoms with Crippen LogP contribution in [0, 0.1) is 0 Å². The van der Waals surface area contributed by atoms with Gasteiger partial charge in [-0.15, -0.1) is 0 Å². The van der Waals surface area contributed by atoms with E-state index in [1.54, 1.807) is 0 Å². The van der Waals surface area contributed by atoms with Crippen molar-refractivity contribution in [2.24, 2.45) is 0 Å². The largest absolute Gasteiger partial charge is 0.396 e. The lowest BCUT2D eigenvalue weighted by molar-refractivity contribution is -0.121. The fourth-order valence-electron chi connectivity index (χ4n) is 0.793. The Morgan fingerprint density at radius 3 is 2.33 bits per heavy atom. The van der Waals surface area contributed by atoms with E-state index in [9.17, 15) is 4.79 Å². The van der Waals surface area contributed by atoms with Gasteiger partial charge in [0.2, 0.25) is 5.91 Å². The van der Waals surface area contributed by atoms with Crippen molar-refractivity contribution in [3.63, 3.8) is 0 Å². The number of carbonyl (C=O) groups is 1. The average molecular weight is 175 g/mol. The van der Waals surface area contributed by atoms with Crippen molar-refractivity contribution in [3.05, 3.63) is 0 Å². The summed E-state index contributed by atoms with van der Waals surface area (Å²) < 4.78 is 0. The van der Waals surface area contributed by atoms with Crippen molar-refractivity contribution < 1.29 is 15.0 Å². The summed E-state index contributed by atoms with van der Waals surface area (Å²) >= 11 is 0. The third kappa shape index (κ3) is 7.50. The van der Waals surface area contributed by atoms with Crippen LogP contribution in [0.3, 0.4) is 0 Å². The second kappa shape index (κ2) is 8.49. The molecule has 0 aromatic rings. The van der Waals surface area contributed by atoms with Crippen molar-refractivity contribution in [2.45, 2.75) is 25.7 Å². The van der Waals surface area contributed by atoms with Crippen molar-refractivity contribution in [2.75, 3.05) is 19.8 Å². The Bertz CT molecular complexity index is 105. The standard InChI is InChI=1S/C8H17NO3/c10-6-2-1-4-8(12)9-5-3-7-11/h10-11H,1-7H2,(H,9,12). The van der Waals surface area contributed by atoms with Crippen molar-refractivity contribution >= 4 is 5.91 Å². The second-order valence-corrected chi connectivity index (χ2v) is 2.61. The van der Waals surface area contributed by atoms with E-state index in [-0.39, 0.29) is 19.1 Å². The first-order valence-electron chi connectivity index (χ1n) is 4.29. The molecule has 0 saturated heterocycles. The summed E-state index contributed by atoms with van der Waals surface area (Å²) in [5, 5.41) is 19.5. The van der Waals surface area contributed by atoms with E-state index in [1.165, 1.54) is 0 Å². The monoisotopic (exact) mass is 175 g/mol. The first kappa shape index (κ1) is 11.4. The summed E-state index contributed by atoms with van der Waals surface area (Å²) in [5.41, 5.74) is 0. The molecule has 12 heavy (non-hydrogen) atoms. The molecule has 0 aliphatic carbocycles. The molecule has 1 amide bonds. The summed E-state index contributed by atoms with van der Waals surface area (Å²) in [4.78, 5) is 10.9. The fourth-order valence-corrected chi connectivity index (χ4v) is 0.793. The molecule has 0 radical (unpaired) electrons. The van der Waals surface area contributed by atoms with Crippen LogP contribution in [0.25, 0.3) is 0 Å². The van der Waals surface area contributed by atoms with Gasteiger partial charge in [0.25, 0.3) is 0 Å². The lowest BCUT2D eigenvalue weighted by Crippen LogP contribution is -2.24. The lowest BCUT2D eigenvalue weighted by Gasteiger charge is -2.02. The number of carbonyl (C=O) groups excluding carboxylic acids is 1. The van der Waals surface area contributed by atoms with E-state index in [0.717, 1.165) is 6.42 Å². The average Bonchev–Trinajstić information content (AvgIpc) is 2.06. The second-order valence-electron chi connectivity index (χ2n) is 2.61. The summed E-state index contributed by atoms with van der Waals surface area (Å²) in [5.74, 6) is -0.00287. The minimum atomic E-state index is -0.00287. The van der Waals surface area contributed by atoms with Crippen LogP contribution in [0.4, 0.5) is 0 Å². The van der Waals surface area contributed by atoms with Gasteiger partial charge in [-0.1, -0.05) is 0 Å². The van der Waals surface area contributed by atoms with Crippen molar-refractivity contribution in [3.8, 4) is 0 Å². The number of unbranched alkanes of at least 4 members (excludes halogenated alkanes) is 1. The number of aliphatic hydroxyl groups is 2. The molecule has 0 rings (SSSR count). The zero-order valence-corrected chi connectivity index (χ0v) is 7.25. The van der Waals surface area contributed by atoms with Gasteiger partial charge < -0.3 is 15.5 Å². The molecule has 0 aromatic heterocycles. The fraction of sp³-hybridized carbons (Fsp3) is 0.875. The highest BCUT2D eigenvalue weighted by Gasteiger charge is 1.98. The van der Waals surface area contributed by atoms with E-state index in [2.05, 4.69) is 5.32 Å². The van der Waals surface area contributed by atoms with E-state index in [4.69, 9.17) is 10.2 Å². The minimum Gasteiger partial charge on any atom is -0.396 e. The molecule has 0 aliphatic heterocycles. The van der Waals surface area contributed by atoms with Gasteiger partial charge in [0, 0.05) is 26.2 Å². The third-order valence-electron chi connectivity index (χ3n) is 1.47. The summed E-state index contributed by atoms with van der Waals surface area (Å²) in [6.07, 6.45) is 2.46. The van der Waals surface area contributed by atoms with Gasteiger partial charge in [-0.2, -0.15) is 0 Å². The van der Waals surface area contributed by atoms with Crippen LogP contribution in [-0.2, 0) is 4.79 Å². The molecule has 4 nitrogen and oxygen atoms in total. The maximum Gasteiger partial charge on any atom is 0.219 e. The molecule has 3 N–H and O–H groups in total. The Balaban J connectivity index is 3.10. The summed E-state index contributed by atoms with van der Waals surface area (Å²) in [6.45, 7) is 0.787. The molecular formula is C8H17NO3. The van der Waals surface area contributed by atoms with Crippen LogP contribution in [0.5, 0.6) is 0 Å². The van der Waals surface area contributed by atoms with Crippen LogP contribution >= 0.6 is 0 Å². The summed E-state index contributed by atoms with van der Waals surface area (Å²) in [7, 11) is 0. The van der Waals surface area contributed by atoms with Crippen LogP contribution in [0.1, 0.15) is 25.7 Å². The number of hydrogen-bond donors (Lipinski definition) is 3. The van der Waals surface area contributed by atoms with Crippen LogP contribution < -0.4 is 5.32 Å². The van der Waals surface area contributed by atoms with E-state index >= 15 is 0 Å². The molecular weight excluding hydrogens is 158 g/mol. The maximum atomic E-state index is 10.9. The molecule has 0 aromatic carbocycles. The Hall–Kier alpha value is -0.610. The smallest absolute Gasteiger partial charge is 0.219 e. The topological polar surface area (TPSA) is 69.6 Å². The Labute approximate surface area is 72.6 Å². The van der Waals surface area contributed by atoms with Gasteiger partial charge in [-0.3, -0.25) is 4.79 Å². The predicted octanol–water partition coefficient (Wildman–Crippen LogP) is -0.352. The zero-order valence-electron chi connectivity index (χ0n) is 7.25. The third-order valence-corrected chi connectivity index (χ3v) is 1.47. The molecule has 0 saturated carbocycles. The van der Waals surface area contributed by atoms with Gasteiger partial charge in [0.1, 0.15) is 0 Å². The number of amides is 1. The van der Waals surface area contributed by atoms with Gasteiger partial charge >= 0.3 is 0 Å². The molecule has 4 heteroatoms. The first-order valence-corrected chi connectivity index (χ1v) is 4.29.